The summed E-state index contributed by atoms with van der Waals surface area (Å²) in [6.07, 6.45) is 3.26. The number of hydrogen-bond donors (Lipinski definition) is 2. The molecular formula is C19H29N3O2. The molecule has 5 heteroatoms. The minimum Gasteiger partial charge on any atom is -0.381 e. The minimum atomic E-state index is -0.0419. The summed E-state index contributed by atoms with van der Waals surface area (Å²) < 4.78 is 5.45. The predicted octanol–water partition coefficient (Wildman–Crippen LogP) is 2.55. The molecule has 0 saturated carbocycles. The zero-order chi connectivity index (χ0) is 16.8. The number of nitrogens with one attached hydrogen (secondary N) is 2. The van der Waals surface area contributed by atoms with Crippen LogP contribution >= 0.6 is 0 Å². The molecule has 2 fully saturated rings. The monoisotopic (exact) mass is 331 g/mol. The number of carbonyl (C=O) groups is 1. The van der Waals surface area contributed by atoms with E-state index in [0.29, 0.717) is 18.5 Å². The molecule has 5 nitrogen and oxygen atoms in total. The van der Waals surface area contributed by atoms with Gasteiger partial charge in [-0.2, -0.15) is 0 Å². The van der Waals surface area contributed by atoms with E-state index in [1.807, 2.05) is 6.07 Å². The van der Waals surface area contributed by atoms with Gasteiger partial charge in [0.1, 0.15) is 0 Å². The number of carbonyl (C=O) groups excluding carboxylic acids is 1. The van der Waals surface area contributed by atoms with Crippen molar-refractivity contribution in [1.29, 1.82) is 0 Å². The summed E-state index contributed by atoms with van der Waals surface area (Å²) in [5.41, 5.74) is 1.33. The van der Waals surface area contributed by atoms with Gasteiger partial charge in [-0.1, -0.05) is 30.3 Å². The van der Waals surface area contributed by atoms with Crippen LogP contribution in [0.1, 0.15) is 37.8 Å². The second-order valence-corrected chi connectivity index (χ2v) is 7.00. The number of hydrogen-bond acceptors (Lipinski definition) is 3. The number of ether oxygens (including phenoxy) is 1. The largest absolute Gasteiger partial charge is 0.381 e. The number of amides is 2. The van der Waals surface area contributed by atoms with Crippen molar-refractivity contribution < 1.29 is 9.53 Å². The standard InChI is InChI=1S/C19H29N3O2/c1-15(17-7-3-2-4-8-17)22-10-9-18(13-22)21-19(23)20-12-16-6-5-11-24-14-16/h2-4,7-8,15-16,18H,5-6,9-14H2,1H3,(H2,20,21,23). The molecule has 2 N–H and O–H groups in total. The Morgan fingerprint density at radius 1 is 1.33 bits per heavy atom. The van der Waals surface area contributed by atoms with E-state index in [1.54, 1.807) is 0 Å². The van der Waals surface area contributed by atoms with Crippen molar-refractivity contribution in [3.8, 4) is 0 Å². The molecule has 3 rings (SSSR count). The Labute approximate surface area is 144 Å². The van der Waals surface area contributed by atoms with Crippen LogP contribution in [0.2, 0.25) is 0 Å². The van der Waals surface area contributed by atoms with Crippen molar-refractivity contribution in [2.75, 3.05) is 32.8 Å². The molecule has 24 heavy (non-hydrogen) atoms. The van der Waals surface area contributed by atoms with Crippen LogP contribution < -0.4 is 10.6 Å². The Morgan fingerprint density at radius 3 is 2.92 bits per heavy atom. The van der Waals surface area contributed by atoms with Crippen LogP contribution in [-0.4, -0.2) is 49.8 Å². The lowest BCUT2D eigenvalue weighted by atomic mass is 10.0. The fourth-order valence-corrected chi connectivity index (χ4v) is 3.64. The summed E-state index contributed by atoms with van der Waals surface area (Å²) in [4.78, 5) is 14.5. The topological polar surface area (TPSA) is 53.6 Å². The summed E-state index contributed by atoms with van der Waals surface area (Å²) in [5.74, 6) is 0.461. The molecule has 3 unspecified atom stereocenters. The molecule has 0 bridgehead atoms. The highest BCUT2D eigenvalue weighted by molar-refractivity contribution is 5.74. The molecule has 2 aliphatic heterocycles. The van der Waals surface area contributed by atoms with Crippen molar-refractivity contribution >= 4 is 6.03 Å². The van der Waals surface area contributed by atoms with Crippen LogP contribution in [0.5, 0.6) is 0 Å². The molecule has 0 spiro atoms. The van der Waals surface area contributed by atoms with E-state index in [2.05, 4.69) is 46.7 Å². The molecule has 1 aromatic rings. The van der Waals surface area contributed by atoms with Crippen molar-refractivity contribution in [2.45, 2.75) is 38.3 Å². The van der Waals surface area contributed by atoms with E-state index in [-0.39, 0.29) is 12.1 Å². The first kappa shape index (κ1) is 17.2. The van der Waals surface area contributed by atoms with Gasteiger partial charge in [0.05, 0.1) is 6.61 Å². The van der Waals surface area contributed by atoms with Gasteiger partial charge in [-0.05, 0) is 37.7 Å². The fourth-order valence-electron chi connectivity index (χ4n) is 3.64. The van der Waals surface area contributed by atoms with Crippen molar-refractivity contribution in [3.05, 3.63) is 35.9 Å². The lowest BCUT2D eigenvalue weighted by molar-refractivity contribution is 0.0557. The van der Waals surface area contributed by atoms with Crippen LogP contribution in [0.4, 0.5) is 4.79 Å². The number of nitrogens with zero attached hydrogens (tertiary/aromatic N) is 1. The van der Waals surface area contributed by atoms with Gasteiger partial charge in [0.2, 0.25) is 0 Å². The Bertz CT molecular complexity index is 517. The third kappa shape index (κ3) is 4.71. The summed E-state index contributed by atoms with van der Waals surface area (Å²) in [7, 11) is 0. The van der Waals surface area contributed by atoms with Crippen LogP contribution in [0, 0.1) is 5.92 Å². The quantitative estimate of drug-likeness (QED) is 0.872. The normalized spacial score (nSPS) is 26.0. The highest BCUT2D eigenvalue weighted by Crippen LogP contribution is 2.24. The average molecular weight is 331 g/mol. The zero-order valence-electron chi connectivity index (χ0n) is 14.5. The molecular weight excluding hydrogens is 302 g/mol. The third-order valence-electron chi connectivity index (χ3n) is 5.19. The Morgan fingerprint density at radius 2 is 2.17 bits per heavy atom. The van der Waals surface area contributed by atoms with E-state index in [4.69, 9.17) is 4.74 Å². The van der Waals surface area contributed by atoms with E-state index in [0.717, 1.165) is 45.6 Å². The highest BCUT2D eigenvalue weighted by atomic mass is 16.5. The Kier molecular flexibility index (Phi) is 6.10. The van der Waals surface area contributed by atoms with E-state index < -0.39 is 0 Å². The van der Waals surface area contributed by atoms with Crippen LogP contribution in [-0.2, 0) is 4.74 Å². The smallest absolute Gasteiger partial charge is 0.315 e. The van der Waals surface area contributed by atoms with Gasteiger partial charge in [0.25, 0.3) is 0 Å². The van der Waals surface area contributed by atoms with Crippen LogP contribution in [0.15, 0.2) is 30.3 Å². The third-order valence-corrected chi connectivity index (χ3v) is 5.19. The van der Waals surface area contributed by atoms with Gasteiger partial charge < -0.3 is 15.4 Å². The van der Waals surface area contributed by atoms with Crippen molar-refractivity contribution in [1.82, 2.24) is 15.5 Å². The molecule has 2 heterocycles. The summed E-state index contributed by atoms with van der Waals surface area (Å²) >= 11 is 0. The van der Waals surface area contributed by atoms with Crippen molar-refractivity contribution in [2.24, 2.45) is 5.92 Å². The van der Waals surface area contributed by atoms with E-state index in [1.165, 1.54) is 5.56 Å². The molecule has 1 aromatic carbocycles. The van der Waals surface area contributed by atoms with Crippen molar-refractivity contribution in [3.63, 3.8) is 0 Å². The van der Waals surface area contributed by atoms with Gasteiger partial charge in [0.15, 0.2) is 0 Å². The van der Waals surface area contributed by atoms with E-state index >= 15 is 0 Å². The molecule has 132 valence electrons. The summed E-state index contributed by atoms with van der Waals surface area (Å²) in [6, 6.07) is 11.1. The Balaban J connectivity index is 1.40. The molecule has 2 amide bonds. The second kappa shape index (κ2) is 8.49. The fraction of sp³-hybridized carbons (Fsp3) is 0.632. The second-order valence-electron chi connectivity index (χ2n) is 7.00. The Hall–Kier alpha value is -1.59. The predicted molar refractivity (Wildman–Crippen MR) is 94.9 cm³/mol. The lowest BCUT2D eigenvalue weighted by Gasteiger charge is -2.25. The molecule has 2 aliphatic rings. The van der Waals surface area contributed by atoms with Gasteiger partial charge >= 0.3 is 6.03 Å². The maximum atomic E-state index is 12.1. The zero-order valence-corrected chi connectivity index (χ0v) is 14.5. The maximum absolute atomic E-state index is 12.1. The minimum absolute atomic E-state index is 0.0419. The number of rotatable bonds is 5. The van der Waals surface area contributed by atoms with Crippen LogP contribution in [0.25, 0.3) is 0 Å². The highest BCUT2D eigenvalue weighted by Gasteiger charge is 2.27. The molecule has 3 atom stereocenters. The number of likely N-dealkylation sites (tertiary alicyclic amines) is 1. The molecule has 2 saturated heterocycles. The summed E-state index contributed by atoms with van der Waals surface area (Å²) in [5, 5.41) is 6.13. The van der Waals surface area contributed by atoms with E-state index in [9.17, 15) is 4.79 Å². The number of benzene rings is 1. The van der Waals surface area contributed by atoms with Gasteiger partial charge in [-0.3, -0.25) is 4.90 Å². The molecule has 0 aromatic heterocycles. The summed E-state index contributed by atoms with van der Waals surface area (Å²) in [6.45, 7) is 6.52. The first-order valence-corrected chi connectivity index (χ1v) is 9.13. The lowest BCUT2D eigenvalue weighted by Crippen LogP contribution is -2.45. The van der Waals surface area contributed by atoms with Gasteiger partial charge in [0, 0.05) is 38.3 Å². The maximum Gasteiger partial charge on any atom is 0.315 e. The molecule has 0 aliphatic carbocycles. The first-order chi connectivity index (χ1) is 11.7. The van der Waals surface area contributed by atoms with Crippen LogP contribution in [0.3, 0.4) is 0 Å². The first-order valence-electron chi connectivity index (χ1n) is 9.13. The SMILES string of the molecule is CC(c1ccccc1)N1CCC(NC(=O)NCC2CCCOC2)C1. The average Bonchev–Trinajstić information content (AvgIpc) is 3.09. The van der Waals surface area contributed by atoms with Gasteiger partial charge in [-0.15, -0.1) is 0 Å². The molecule has 0 radical (unpaired) electrons. The van der Waals surface area contributed by atoms with Gasteiger partial charge in [-0.25, -0.2) is 4.79 Å². The number of urea groups is 1.